The second-order valence-corrected chi connectivity index (χ2v) is 19.5. The summed E-state index contributed by atoms with van der Waals surface area (Å²) in [5.41, 5.74) is 0. The van der Waals surface area contributed by atoms with Crippen LogP contribution in [0.3, 0.4) is 0 Å². The molecule has 7 aromatic carbocycles. The predicted octanol–water partition coefficient (Wildman–Crippen LogP) is 7.65. The van der Waals surface area contributed by atoms with Crippen molar-refractivity contribution in [2.45, 2.75) is 4.90 Å². The van der Waals surface area contributed by atoms with E-state index < -0.39 is 24.2 Å². The largest absolute Gasteiger partial charge is 0.744 e. The van der Waals surface area contributed by atoms with Gasteiger partial charge in [0.1, 0.15) is 10.1 Å². The maximum absolute atomic E-state index is 10.3. The van der Waals surface area contributed by atoms with E-state index in [-0.39, 0.29) is 4.90 Å². The summed E-state index contributed by atoms with van der Waals surface area (Å²) in [5.74, 6) is 0. The normalized spacial score (nSPS) is 11.5. The lowest BCUT2D eigenvalue weighted by molar-refractivity contribution is 0.463. The highest BCUT2D eigenvalue weighted by Crippen LogP contribution is 2.50. The van der Waals surface area contributed by atoms with Crippen molar-refractivity contribution in [3.05, 3.63) is 211 Å². The molecule has 0 aliphatic heterocycles. The smallest absolute Gasteiger partial charge is 0.301 e. The van der Waals surface area contributed by atoms with E-state index in [1.54, 1.807) is 0 Å². The molecule has 0 N–H and O–H groups in total. The average molecular weight is 730 g/mol. The first-order valence-corrected chi connectivity index (χ1v) is 21.2. The third kappa shape index (κ3) is 7.55. The minimum absolute atomic E-state index is 0.262. The Hall–Kier alpha value is -4.69. The minimum Gasteiger partial charge on any atom is -0.744 e. The molecule has 7 rings (SSSR count). The van der Waals surface area contributed by atoms with Crippen molar-refractivity contribution in [3.63, 3.8) is 0 Å². The molecule has 0 spiro atoms. The molecule has 0 atom stereocenters. The Morgan fingerprint density at radius 1 is 0.380 bits per heavy atom. The van der Waals surface area contributed by atoms with Gasteiger partial charge in [0.25, 0.3) is 0 Å². The Morgan fingerprint density at radius 2 is 0.600 bits per heavy atom. The van der Waals surface area contributed by atoms with E-state index in [0.29, 0.717) is 5.02 Å². The number of hydrogen-bond donors (Lipinski definition) is 0. The minimum atomic E-state index is -4.33. The van der Waals surface area contributed by atoms with Gasteiger partial charge in [-0.2, -0.15) is 0 Å². The Morgan fingerprint density at radius 3 is 0.800 bits per heavy atom. The van der Waals surface area contributed by atoms with E-state index in [9.17, 15) is 13.0 Å². The zero-order valence-electron chi connectivity index (χ0n) is 27.0. The molecule has 0 unspecified atom stereocenters. The number of hydrogen-bond acceptors (Lipinski definition) is 3. The Labute approximate surface area is 299 Å². The van der Waals surface area contributed by atoms with Crippen LogP contribution in [0.5, 0.6) is 0 Å². The first kappa shape index (κ1) is 35.1. The third-order valence-electron chi connectivity index (χ3n) is 8.15. The van der Waals surface area contributed by atoms with Crippen molar-refractivity contribution < 1.29 is 13.0 Å². The molecule has 0 radical (unpaired) electrons. The molecule has 0 heterocycles. The van der Waals surface area contributed by atoms with E-state index >= 15 is 0 Å². The summed E-state index contributed by atoms with van der Waals surface area (Å²) in [5, 5.41) is 7.95. The van der Waals surface area contributed by atoms with Gasteiger partial charge in [-0.25, -0.2) is 8.42 Å². The van der Waals surface area contributed by atoms with E-state index in [1.165, 1.54) is 56.1 Å². The monoisotopic (exact) mass is 729 g/mol. The van der Waals surface area contributed by atoms with Crippen LogP contribution in [0, 0.1) is 0 Å². The molecule has 0 aliphatic carbocycles. The number of halogens is 1. The lowest BCUT2D eigenvalue weighted by Crippen LogP contribution is -2.31. The highest BCUT2D eigenvalue weighted by molar-refractivity contribution is 7.94. The average Bonchev–Trinajstić information content (AvgIpc) is 3.18. The van der Waals surface area contributed by atoms with Gasteiger partial charge in [0, 0.05) is 5.02 Å². The Balaban J connectivity index is 0.000000336. The summed E-state index contributed by atoms with van der Waals surface area (Å²) < 4.78 is 37.4. The molecule has 0 bridgehead atoms. The highest BCUT2D eigenvalue weighted by atomic mass is 35.5. The summed E-state index contributed by atoms with van der Waals surface area (Å²) in [4.78, 5) is -0.262. The summed E-state index contributed by atoms with van der Waals surface area (Å²) >= 11 is 5.46. The molecule has 50 heavy (non-hydrogen) atoms. The Kier molecular flexibility index (Phi) is 11.2. The molecule has 0 fully saturated rings. The van der Waals surface area contributed by atoms with Crippen LogP contribution in [-0.2, 0) is 10.1 Å². The van der Waals surface area contributed by atoms with Crippen molar-refractivity contribution in [1.29, 1.82) is 0 Å². The van der Waals surface area contributed by atoms with Gasteiger partial charge in [-0.05, 0) is 97.1 Å². The van der Waals surface area contributed by atoms with Crippen LogP contribution >= 0.6 is 25.7 Å². The van der Waals surface area contributed by atoms with Gasteiger partial charge in [-0.3, -0.25) is 0 Å². The van der Waals surface area contributed by atoms with Crippen molar-refractivity contribution in [2.75, 3.05) is 0 Å². The molecule has 0 aliphatic rings. The third-order valence-corrected chi connectivity index (χ3v) is 17.7. The molecule has 8 heteroatoms. The van der Waals surface area contributed by atoms with Crippen molar-refractivity contribution in [2.24, 2.45) is 0 Å². The van der Waals surface area contributed by atoms with Crippen LogP contribution in [0.1, 0.15) is 0 Å². The molecular formula is C42H34ClNO3P2S. The summed E-state index contributed by atoms with van der Waals surface area (Å²) in [6.45, 7) is 0. The van der Waals surface area contributed by atoms with E-state index in [4.69, 9.17) is 15.8 Å². The topological polar surface area (TPSA) is 71.3 Å². The highest BCUT2D eigenvalue weighted by Gasteiger charge is 2.44. The van der Waals surface area contributed by atoms with Crippen LogP contribution in [0.2, 0.25) is 5.02 Å². The zero-order valence-corrected chi connectivity index (χ0v) is 30.3. The maximum Gasteiger partial charge on any atom is 0.301 e. The van der Waals surface area contributed by atoms with E-state index in [0.717, 1.165) is 0 Å². The fourth-order valence-electron chi connectivity index (χ4n) is 5.87. The number of benzene rings is 7. The molecule has 7 aromatic rings. The van der Waals surface area contributed by atoms with Gasteiger partial charge in [0.05, 0.1) is 36.7 Å². The van der Waals surface area contributed by atoms with Crippen molar-refractivity contribution in [3.8, 4) is 0 Å². The second kappa shape index (κ2) is 15.9. The van der Waals surface area contributed by atoms with E-state index in [2.05, 4.69) is 182 Å². The molecule has 0 aromatic heterocycles. The number of nitrogens with zero attached hydrogens (tertiary/aromatic N) is 1. The summed E-state index contributed by atoms with van der Waals surface area (Å²) in [6.07, 6.45) is 0. The van der Waals surface area contributed by atoms with Crippen LogP contribution in [0.15, 0.2) is 211 Å². The SMILES string of the molecule is O=S(=O)([O-])c1ccc(Cl)cc1.c1ccc(P(=[N+]=P(c2ccccc2)(c2ccccc2)c2ccccc2)(c2ccccc2)c2ccccc2)cc1. The zero-order chi connectivity index (χ0) is 34.9. The summed E-state index contributed by atoms with van der Waals surface area (Å²) in [7, 11) is -9.32. The molecule has 248 valence electrons. The lowest BCUT2D eigenvalue weighted by Gasteiger charge is -2.20. The van der Waals surface area contributed by atoms with Crippen LogP contribution < -0.4 is 36.0 Å². The van der Waals surface area contributed by atoms with Crippen LogP contribution in [0.4, 0.5) is 0 Å². The molecule has 0 saturated carbocycles. The molecule has 4 nitrogen and oxygen atoms in total. The fraction of sp³-hybridized carbons (Fsp3) is 0. The molecule has 0 amide bonds. The van der Waals surface area contributed by atoms with Gasteiger partial charge in [0.2, 0.25) is 0 Å². The van der Waals surface area contributed by atoms with Crippen molar-refractivity contribution in [1.82, 2.24) is 4.17 Å². The molecular weight excluding hydrogens is 696 g/mol. The first-order valence-electron chi connectivity index (χ1n) is 15.9. The quantitative estimate of drug-likeness (QED) is 0.0962. The summed E-state index contributed by atoms with van der Waals surface area (Å²) in [6, 6.07) is 70.7. The predicted molar refractivity (Wildman–Crippen MR) is 212 cm³/mol. The van der Waals surface area contributed by atoms with Gasteiger partial charge in [0.15, 0.2) is 0 Å². The van der Waals surface area contributed by atoms with Gasteiger partial charge in [-0.15, -0.1) is 4.17 Å². The molecule has 0 saturated heterocycles. The fourth-order valence-corrected chi connectivity index (χ4v) is 16.0. The lowest BCUT2D eigenvalue weighted by atomic mass is 10.4. The number of rotatable bonds is 7. The van der Waals surface area contributed by atoms with Crippen LogP contribution in [-0.4, -0.2) is 13.0 Å². The maximum atomic E-state index is 10.3. The van der Waals surface area contributed by atoms with Gasteiger partial charge in [-0.1, -0.05) is 121 Å². The second-order valence-electron chi connectivity index (χ2n) is 11.3. The van der Waals surface area contributed by atoms with Crippen molar-refractivity contribution >= 4 is 67.7 Å². The van der Waals surface area contributed by atoms with E-state index in [1.807, 2.05) is 0 Å². The first-order chi connectivity index (χ1) is 24.3. The van der Waals surface area contributed by atoms with Crippen LogP contribution in [0.25, 0.3) is 0 Å². The van der Waals surface area contributed by atoms with Gasteiger partial charge >= 0.3 is 14.1 Å². The standard InChI is InChI=1S/C36H30NP2.C6H5ClO3S/c1-7-19-31(20-8-1)38(32-21-9-2-10-22-32,33-23-11-3-12-24-33)37-39(34-25-13-4-14-26-34,35-27-15-5-16-28-35)36-29-17-6-18-30-36;7-5-1-3-6(4-2-5)11(8,9)10/h1-30H;1-4H,(H,8,9,10)/q+1;/p-1. The van der Waals surface area contributed by atoms with Gasteiger partial charge < -0.3 is 4.55 Å². The Bertz CT molecular complexity index is 2040.